The summed E-state index contributed by atoms with van der Waals surface area (Å²) < 4.78 is 6.64. The minimum atomic E-state index is -0.919. The standard InChI is InChI=1S/C16H16BrNO3S/c17-11-6-4-10(5-7-11)13-9-12(16(19)20)15(22-13)18-14-3-1-2-8-21-14/h4-7,9,14,18H,1-3,8H2,(H,19,20). The molecule has 1 aromatic heterocycles. The van der Waals surface area contributed by atoms with E-state index in [2.05, 4.69) is 21.2 Å². The maximum absolute atomic E-state index is 11.5. The number of rotatable bonds is 4. The zero-order valence-corrected chi connectivity index (χ0v) is 14.2. The van der Waals surface area contributed by atoms with E-state index in [0.29, 0.717) is 10.6 Å². The first-order valence-electron chi connectivity index (χ1n) is 7.14. The minimum Gasteiger partial charge on any atom is -0.478 e. The number of thiophene rings is 1. The van der Waals surface area contributed by atoms with Crippen molar-refractivity contribution in [1.29, 1.82) is 0 Å². The highest BCUT2D eigenvalue weighted by molar-refractivity contribution is 9.10. The Hall–Kier alpha value is -1.37. The molecule has 0 radical (unpaired) electrons. The molecule has 4 nitrogen and oxygen atoms in total. The summed E-state index contributed by atoms with van der Waals surface area (Å²) in [6.45, 7) is 0.727. The van der Waals surface area contributed by atoms with Crippen LogP contribution in [-0.4, -0.2) is 23.9 Å². The van der Waals surface area contributed by atoms with Gasteiger partial charge in [-0.2, -0.15) is 0 Å². The molecule has 2 heterocycles. The summed E-state index contributed by atoms with van der Waals surface area (Å²) in [7, 11) is 0. The number of carboxylic acid groups (broad SMARTS) is 1. The average molecular weight is 382 g/mol. The largest absolute Gasteiger partial charge is 0.478 e. The van der Waals surface area contributed by atoms with Gasteiger partial charge in [-0.25, -0.2) is 4.79 Å². The van der Waals surface area contributed by atoms with Gasteiger partial charge in [-0.15, -0.1) is 11.3 Å². The van der Waals surface area contributed by atoms with Crippen molar-refractivity contribution < 1.29 is 14.6 Å². The molecule has 1 unspecified atom stereocenters. The summed E-state index contributed by atoms with van der Waals surface area (Å²) in [5.41, 5.74) is 1.31. The molecule has 3 rings (SSSR count). The van der Waals surface area contributed by atoms with E-state index < -0.39 is 5.97 Å². The molecule has 0 spiro atoms. The number of carbonyl (C=O) groups is 1. The first kappa shape index (κ1) is 15.5. The molecular formula is C16H16BrNO3S. The van der Waals surface area contributed by atoms with Crippen LogP contribution in [0.25, 0.3) is 10.4 Å². The van der Waals surface area contributed by atoms with Gasteiger partial charge in [0.25, 0.3) is 0 Å². The fraction of sp³-hybridized carbons (Fsp3) is 0.312. The Balaban J connectivity index is 1.88. The zero-order valence-electron chi connectivity index (χ0n) is 11.8. The Kier molecular flexibility index (Phi) is 4.81. The molecule has 0 amide bonds. The highest BCUT2D eigenvalue weighted by Crippen LogP contribution is 2.37. The molecule has 0 saturated carbocycles. The smallest absolute Gasteiger partial charge is 0.338 e. The van der Waals surface area contributed by atoms with E-state index in [1.54, 1.807) is 6.07 Å². The molecule has 6 heteroatoms. The number of hydrogen-bond acceptors (Lipinski definition) is 4. The monoisotopic (exact) mass is 381 g/mol. The number of nitrogens with one attached hydrogen (secondary N) is 1. The highest BCUT2D eigenvalue weighted by atomic mass is 79.9. The molecule has 0 bridgehead atoms. The van der Waals surface area contributed by atoms with Crippen LogP contribution in [-0.2, 0) is 4.74 Å². The fourth-order valence-corrected chi connectivity index (χ4v) is 3.78. The van der Waals surface area contributed by atoms with Crippen LogP contribution in [0, 0.1) is 0 Å². The molecule has 1 saturated heterocycles. The van der Waals surface area contributed by atoms with Gasteiger partial charge in [0, 0.05) is 16.0 Å². The van der Waals surface area contributed by atoms with E-state index >= 15 is 0 Å². The summed E-state index contributed by atoms with van der Waals surface area (Å²) in [4.78, 5) is 12.4. The zero-order chi connectivity index (χ0) is 15.5. The Morgan fingerprint density at radius 2 is 2.09 bits per heavy atom. The average Bonchev–Trinajstić information content (AvgIpc) is 2.93. The van der Waals surface area contributed by atoms with E-state index in [-0.39, 0.29) is 6.23 Å². The number of aromatic carboxylic acids is 1. The summed E-state index contributed by atoms with van der Waals surface area (Å²) in [6.07, 6.45) is 2.98. The van der Waals surface area contributed by atoms with E-state index in [4.69, 9.17) is 4.74 Å². The number of anilines is 1. The van der Waals surface area contributed by atoms with Gasteiger partial charge in [-0.3, -0.25) is 0 Å². The SMILES string of the molecule is O=C(O)c1cc(-c2ccc(Br)cc2)sc1NC1CCCCO1. The molecule has 2 N–H and O–H groups in total. The molecule has 1 atom stereocenters. The lowest BCUT2D eigenvalue weighted by Gasteiger charge is -2.23. The van der Waals surface area contributed by atoms with Gasteiger partial charge in [0.05, 0.1) is 5.56 Å². The number of hydrogen-bond donors (Lipinski definition) is 2. The molecule has 2 aromatic rings. The molecule has 0 aliphatic carbocycles. The van der Waals surface area contributed by atoms with Crippen LogP contribution in [0.15, 0.2) is 34.8 Å². The molecule has 22 heavy (non-hydrogen) atoms. The Labute approximate surface area is 141 Å². The molecule has 116 valence electrons. The van der Waals surface area contributed by atoms with E-state index in [9.17, 15) is 9.90 Å². The fourth-order valence-electron chi connectivity index (χ4n) is 2.41. The van der Waals surface area contributed by atoms with Crippen LogP contribution >= 0.6 is 27.3 Å². The number of ether oxygens (including phenoxy) is 1. The second-order valence-corrected chi connectivity index (χ2v) is 7.13. The number of carboxylic acids is 1. The van der Waals surface area contributed by atoms with Crippen molar-refractivity contribution in [3.05, 3.63) is 40.4 Å². The van der Waals surface area contributed by atoms with Gasteiger partial charge < -0.3 is 15.2 Å². The Bertz CT molecular complexity index is 663. The number of halogens is 1. The predicted octanol–water partition coefficient (Wildman–Crippen LogP) is 4.81. The quantitative estimate of drug-likeness (QED) is 0.797. The lowest BCUT2D eigenvalue weighted by molar-refractivity contribution is 0.0344. The van der Waals surface area contributed by atoms with Crippen LogP contribution in [0.1, 0.15) is 29.6 Å². The van der Waals surface area contributed by atoms with Gasteiger partial charge in [0.15, 0.2) is 0 Å². The minimum absolute atomic E-state index is 0.0942. The molecular weight excluding hydrogens is 366 g/mol. The van der Waals surface area contributed by atoms with Gasteiger partial charge >= 0.3 is 5.97 Å². The number of benzene rings is 1. The lowest BCUT2D eigenvalue weighted by atomic mass is 10.1. The summed E-state index contributed by atoms with van der Waals surface area (Å²) in [5, 5.41) is 13.3. The van der Waals surface area contributed by atoms with E-state index in [0.717, 1.165) is 40.8 Å². The van der Waals surface area contributed by atoms with Crippen molar-refractivity contribution in [3.63, 3.8) is 0 Å². The topological polar surface area (TPSA) is 58.6 Å². The van der Waals surface area contributed by atoms with Crippen LogP contribution in [0.3, 0.4) is 0 Å². The third kappa shape index (κ3) is 3.51. The predicted molar refractivity (Wildman–Crippen MR) is 91.6 cm³/mol. The van der Waals surface area contributed by atoms with Crippen molar-refractivity contribution in [2.75, 3.05) is 11.9 Å². The van der Waals surface area contributed by atoms with E-state index in [1.807, 2.05) is 24.3 Å². The molecule has 1 aliphatic heterocycles. The van der Waals surface area contributed by atoms with Gasteiger partial charge in [0.1, 0.15) is 11.2 Å². The maximum atomic E-state index is 11.5. The van der Waals surface area contributed by atoms with Crippen molar-refractivity contribution >= 4 is 38.2 Å². The van der Waals surface area contributed by atoms with Crippen LogP contribution < -0.4 is 5.32 Å². The highest BCUT2D eigenvalue weighted by Gasteiger charge is 2.20. The molecule has 1 aliphatic rings. The van der Waals surface area contributed by atoms with Crippen LogP contribution in [0.5, 0.6) is 0 Å². The van der Waals surface area contributed by atoms with E-state index in [1.165, 1.54) is 11.3 Å². The summed E-state index contributed by atoms with van der Waals surface area (Å²) >= 11 is 4.86. The van der Waals surface area contributed by atoms with Crippen LogP contribution in [0.4, 0.5) is 5.00 Å². The van der Waals surface area contributed by atoms with Gasteiger partial charge in [-0.1, -0.05) is 28.1 Å². The van der Waals surface area contributed by atoms with Crippen molar-refractivity contribution in [2.24, 2.45) is 0 Å². The summed E-state index contributed by atoms with van der Waals surface area (Å²) in [6, 6.07) is 9.58. The van der Waals surface area contributed by atoms with Crippen LogP contribution in [0.2, 0.25) is 0 Å². The van der Waals surface area contributed by atoms with Crippen molar-refractivity contribution in [1.82, 2.24) is 0 Å². The first-order chi connectivity index (χ1) is 10.6. The maximum Gasteiger partial charge on any atom is 0.338 e. The lowest BCUT2D eigenvalue weighted by Crippen LogP contribution is -2.27. The molecule has 1 aromatic carbocycles. The van der Waals surface area contributed by atoms with Crippen molar-refractivity contribution in [3.8, 4) is 10.4 Å². The van der Waals surface area contributed by atoms with Gasteiger partial charge in [0.2, 0.25) is 0 Å². The van der Waals surface area contributed by atoms with Gasteiger partial charge in [-0.05, 0) is 43.0 Å². The Morgan fingerprint density at radius 1 is 1.32 bits per heavy atom. The van der Waals surface area contributed by atoms with Crippen molar-refractivity contribution in [2.45, 2.75) is 25.5 Å². The molecule has 1 fully saturated rings. The Morgan fingerprint density at radius 3 is 2.73 bits per heavy atom. The normalized spacial score (nSPS) is 18.1. The third-order valence-electron chi connectivity index (χ3n) is 3.56. The second-order valence-electron chi connectivity index (χ2n) is 5.17. The summed E-state index contributed by atoms with van der Waals surface area (Å²) in [5.74, 6) is -0.919. The second kappa shape index (κ2) is 6.81. The first-order valence-corrected chi connectivity index (χ1v) is 8.75. The third-order valence-corrected chi connectivity index (χ3v) is 5.21.